The van der Waals surface area contributed by atoms with Gasteiger partial charge in [0.05, 0.1) is 10.9 Å². The number of unbranched alkanes of at least 4 members (excludes halogenated alkanes) is 1. The average Bonchev–Trinajstić information content (AvgIpc) is 2.36. The molecule has 19 heavy (non-hydrogen) atoms. The number of H-pyrrole nitrogens is 1. The Hall–Kier alpha value is -1.68. The number of hydrogen-bond donors (Lipinski definition) is 1. The van der Waals surface area contributed by atoms with Crippen molar-refractivity contribution in [2.75, 3.05) is 20.6 Å². The topological polar surface area (TPSA) is 49.0 Å². The summed E-state index contributed by atoms with van der Waals surface area (Å²) >= 11 is 0. The Morgan fingerprint density at radius 2 is 2.05 bits per heavy atom. The molecule has 0 aliphatic rings. The molecule has 0 spiro atoms. The lowest BCUT2D eigenvalue weighted by atomic mass is 10.1. The Morgan fingerprint density at radius 1 is 1.26 bits per heavy atom. The summed E-state index contributed by atoms with van der Waals surface area (Å²) in [5.41, 5.74) is 1.85. The van der Waals surface area contributed by atoms with Crippen molar-refractivity contribution in [2.24, 2.45) is 0 Å². The zero-order valence-corrected chi connectivity index (χ0v) is 11.9. The monoisotopic (exact) mass is 259 g/mol. The number of aromatic nitrogens is 2. The van der Waals surface area contributed by atoms with E-state index in [1.165, 1.54) is 0 Å². The van der Waals surface area contributed by atoms with Crippen LogP contribution in [0.25, 0.3) is 10.9 Å². The first-order valence-corrected chi connectivity index (χ1v) is 6.71. The Morgan fingerprint density at radius 3 is 2.79 bits per heavy atom. The first-order chi connectivity index (χ1) is 9.08. The van der Waals surface area contributed by atoms with Crippen LogP contribution in [0.4, 0.5) is 0 Å². The summed E-state index contributed by atoms with van der Waals surface area (Å²) < 4.78 is 0. The molecule has 0 aliphatic heterocycles. The largest absolute Gasteiger partial charge is 0.310 e. The minimum absolute atomic E-state index is 0.0312. The molecule has 0 saturated carbocycles. The van der Waals surface area contributed by atoms with Crippen LogP contribution in [0.1, 0.15) is 24.2 Å². The van der Waals surface area contributed by atoms with Gasteiger partial charge in [-0.2, -0.15) is 0 Å². The molecule has 102 valence electrons. The lowest BCUT2D eigenvalue weighted by Gasteiger charge is -2.09. The summed E-state index contributed by atoms with van der Waals surface area (Å²) in [5.74, 6) is 0.797. The molecule has 0 amide bonds. The number of fused-ring (bicyclic) bond motifs is 1. The van der Waals surface area contributed by atoms with E-state index in [0.29, 0.717) is 5.39 Å². The van der Waals surface area contributed by atoms with Crippen LogP contribution in [-0.4, -0.2) is 35.5 Å². The van der Waals surface area contributed by atoms with E-state index in [0.717, 1.165) is 42.7 Å². The number of aromatic amines is 1. The maximum atomic E-state index is 12.0. The molecule has 0 fully saturated rings. The van der Waals surface area contributed by atoms with Crippen LogP contribution in [0.5, 0.6) is 0 Å². The molecular formula is C15H21N3O. The van der Waals surface area contributed by atoms with Crippen LogP contribution in [0.3, 0.4) is 0 Å². The Bertz CT molecular complexity index is 616. The molecule has 4 heteroatoms. The SMILES string of the molecule is Cc1cccc2c(=O)[nH]c(CCCCN(C)C)nc12. The fourth-order valence-corrected chi connectivity index (χ4v) is 2.19. The number of para-hydroxylation sites is 1. The molecule has 0 unspecified atom stereocenters. The molecule has 0 atom stereocenters. The maximum absolute atomic E-state index is 12.0. The van der Waals surface area contributed by atoms with Gasteiger partial charge < -0.3 is 9.88 Å². The first-order valence-electron chi connectivity index (χ1n) is 6.71. The number of rotatable bonds is 5. The van der Waals surface area contributed by atoms with Crippen LogP contribution in [0, 0.1) is 6.92 Å². The standard InChI is InChI=1S/C15H21N3O/c1-11-7-6-8-12-14(11)16-13(17-15(12)19)9-4-5-10-18(2)3/h6-8H,4-5,9-10H2,1-3H3,(H,16,17,19). The molecular weight excluding hydrogens is 238 g/mol. The summed E-state index contributed by atoms with van der Waals surface area (Å²) in [6, 6.07) is 5.71. The highest BCUT2D eigenvalue weighted by Gasteiger charge is 2.05. The number of hydrogen-bond acceptors (Lipinski definition) is 3. The molecule has 0 saturated heterocycles. The van der Waals surface area contributed by atoms with Crippen LogP contribution in [-0.2, 0) is 6.42 Å². The fraction of sp³-hybridized carbons (Fsp3) is 0.467. The quantitative estimate of drug-likeness (QED) is 0.837. The van der Waals surface area contributed by atoms with Gasteiger partial charge in [-0.15, -0.1) is 0 Å². The third-order valence-electron chi connectivity index (χ3n) is 3.26. The highest BCUT2D eigenvalue weighted by Crippen LogP contribution is 2.12. The van der Waals surface area contributed by atoms with Gasteiger partial charge in [0.25, 0.3) is 5.56 Å². The number of aryl methyl sites for hydroxylation is 2. The van der Waals surface area contributed by atoms with Crippen molar-refractivity contribution < 1.29 is 0 Å². The van der Waals surface area contributed by atoms with Gasteiger partial charge in [-0.1, -0.05) is 12.1 Å². The van der Waals surface area contributed by atoms with Gasteiger partial charge >= 0.3 is 0 Å². The predicted octanol–water partition coefficient (Wildman–Crippen LogP) is 2.12. The van der Waals surface area contributed by atoms with E-state index in [4.69, 9.17) is 0 Å². The van der Waals surface area contributed by atoms with Crippen LogP contribution >= 0.6 is 0 Å². The molecule has 0 radical (unpaired) electrons. The second-order valence-electron chi connectivity index (χ2n) is 5.24. The highest BCUT2D eigenvalue weighted by atomic mass is 16.1. The summed E-state index contributed by atoms with van der Waals surface area (Å²) in [6.07, 6.45) is 2.98. The van der Waals surface area contributed by atoms with Crippen molar-refractivity contribution in [1.82, 2.24) is 14.9 Å². The molecule has 1 aromatic heterocycles. The Kier molecular flexibility index (Phi) is 4.32. The zero-order valence-electron chi connectivity index (χ0n) is 11.9. The minimum Gasteiger partial charge on any atom is -0.310 e. The van der Waals surface area contributed by atoms with Gasteiger partial charge in [0.1, 0.15) is 5.82 Å². The molecule has 1 aromatic carbocycles. The molecule has 0 bridgehead atoms. The minimum atomic E-state index is -0.0312. The normalized spacial score (nSPS) is 11.4. The maximum Gasteiger partial charge on any atom is 0.258 e. The van der Waals surface area contributed by atoms with Crippen LogP contribution < -0.4 is 5.56 Å². The molecule has 2 aromatic rings. The van der Waals surface area contributed by atoms with Crippen molar-refractivity contribution in [3.05, 3.63) is 39.9 Å². The molecule has 2 rings (SSSR count). The third-order valence-corrected chi connectivity index (χ3v) is 3.26. The van der Waals surface area contributed by atoms with Crippen molar-refractivity contribution in [3.8, 4) is 0 Å². The van der Waals surface area contributed by atoms with Gasteiger partial charge in [-0.25, -0.2) is 4.98 Å². The molecule has 1 heterocycles. The van der Waals surface area contributed by atoms with E-state index < -0.39 is 0 Å². The van der Waals surface area contributed by atoms with Crippen LogP contribution in [0.2, 0.25) is 0 Å². The Labute approximate surface area is 113 Å². The third kappa shape index (κ3) is 3.41. The summed E-state index contributed by atoms with van der Waals surface area (Å²) in [4.78, 5) is 21.6. The smallest absolute Gasteiger partial charge is 0.258 e. The predicted molar refractivity (Wildman–Crippen MR) is 78.6 cm³/mol. The number of nitrogens with one attached hydrogen (secondary N) is 1. The molecule has 0 aliphatic carbocycles. The van der Waals surface area contributed by atoms with Gasteiger partial charge in [0.15, 0.2) is 0 Å². The van der Waals surface area contributed by atoms with Gasteiger partial charge in [0.2, 0.25) is 0 Å². The highest BCUT2D eigenvalue weighted by molar-refractivity contribution is 5.80. The van der Waals surface area contributed by atoms with E-state index in [9.17, 15) is 4.79 Å². The van der Waals surface area contributed by atoms with Crippen LogP contribution in [0.15, 0.2) is 23.0 Å². The van der Waals surface area contributed by atoms with Crippen molar-refractivity contribution in [3.63, 3.8) is 0 Å². The second kappa shape index (κ2) is 5.97. The average molecular weight is 259 g/mol. The van der Waals surface area contributed by atoms with E-state index >= 15 is 0 Å². The fourth-order valence-electron chi connectivity index (χ4n) is 2.19. The lowest BCUT2D eigenvalue weighted by Crippen LogP contribution is -2.15. The zero-order chi connectivity index (χ0) is 13.8. The number of benzene rings is 1. The number of nitrogens with zero attached hydrogens (tertiary/aromatic N) is 2. The van der Waals surface area contributed by atoms with Gasteiger partial charge in [-0.3, -0.25) is 4.79 Å². The summed E-state index contributed by atoms with van der Waals surface area (Å²) in [6.45, 7) is 3.06. The summed E-state index contributed by atoms with van der Waals surface area (Å²) in [5, 5.41) is 0.678. The second-order valence-corrected chi connectivity index (χ2v) is 5.24. The van der Waals surface area contributed by atoms with Crippen molar-refractivity contribution in [1.29, 1.82) is 0 Å². The van der Waals surface area contributed by atoms with Gasteiger partial charge in [-0.05, 0) is 52.0 Å². The molecule has 1 N–H and O–H groups in total. The van der Waals surface area contributed by atoms with E-state index in [1.807, 2.05) is 25.1 Å². The molecule has 4 nitrogen and oxygen atoms in total. The van der Waals surface area contributed by atoms with Crippen molar-refractivity contribution in [2.45, 2.75) is 26.2 Å². The van der Waals surface area contributed by atoms with Crippen molar-refractivity contribution >= 4 is 10.9 Å². The van der Waals surface area contributed by atoms with Gasteiger partial charge in [0, 0.05) is 6.42 Å². The Balaban J connectivity index is 2.16. The van der Waals surface area contributed by atoms with E-state index in [2.05, 4.69) is 29.0 Å². The van der Waals surface area contributed by atoms with E-state index in [-0.39, 0.29) is 5.56 Å². The lowest BCUT2D eigenvalue weighted by molar-refractivity contribution is 0.393. The van der Waals surface area contributed by atoms with E-state index in [1.54, 1.807) is 0 Å². The summed E-state index contributed by atoms with van der Waals surface area (Å²) in [7, 11) is 4.14. The first kappa shape index (κ1) is 13.7.